The maximum atomic E-state index is 12.9. The average Bonchev–Trinajstić information content (AvgIpc) is 3.18. The van der Waals surface area contributed by atoms with Gasteiger partial charge in [-0.15, -0.1) is 0 Å². The number of nitrogens with two attached hydrogens (primary N) is 1. The number of aliphatic carboxylic acids is 1. The zero-order valence-electron chi connectivity index (χ0n) is 20.7. The molecule has 1 aromatic carbocycles. The van der Waals surface area contributed by atoms with E-state index in [1.807, 2.05) is 20.9 Å². The van der Waals surface area contributed by atoms with E-state index in [1.54, 1.807) is 12.1 Å². The van der Waals surface area contributed by atoms with E-state index in [0.717, 1.165) is 5.56 Å². The van der Waals surface area contributed by atoms with E-state index in [1.165, 1.54) is 13.0 Å². The lowest BCUT2D eigenvalue weighted by atomic mass is 9.54. The fourth-order valence-electron chi connectivity index (χ4n) is 5.76. The van der Waals surface area contributed by atoms with Gasteiger partial charge in [0.2, 0.25) is 0 Å². The van der Waals surface area contributed by atoms with E-state index in [0.29, 0.717) is 18.5 Å². The summed E-state index contributed by atoms with van der Waals surface area (Å²) in [5.41, 5.74) is 4.61. The van der Waals surface area contributed by atoms with Gasteiger partial charge in [-0.3, -0.25) is 9.59 Å². The van der Waals surface area contributed by atoms with Gasteiger partial charge in [0.1, 0.15) is 11.8 Å². The van der Waals surface area contributed by atoms with E-state index in [2.05, 4.69) is 4.90 Å². The van der Waals surface area contributed by atoms with Crippen LogP contribution in [0.4, 0.5) is 0 Å². The molecular weight excluding hydrogens is 472 g/mol. The van der Waals surface area contributed by atoms with Crippen molar-refractivity contribution in [2.24, 2.45) is 5.73 Å². The van der Waals surface area contributed by atoms with Crippen LogP contribution >= 0.6 is 0 Å². The summed E-state index contributed by atoms with van der Waals surface area (Å²) >= 11 is 0. The first-order chi connectivity index (χ1) is 16.8. The third-order valence-electron chi connectivity index (χ3n) is 7.89. The van der Waals surface area contributed by atoms with Gasteiger partial charge in [-0.05, 0) is 58.5 Å². The van der Waals surface area contributed by atoms with Crippen LogP contribution in [0.5, 0.6) is 11.5 Å². The molecule has 0 bridgehead atoms. The minimum absolute atomic E-state index is 0.0731. The molecule has 1 aliphatic carbocycles. The number of carboxylic acids is 1. The molecule has 11 heteroatoms. The molecule has 4 rings (SSSR count). The Labute approximate surface area is 208 Å². The molecule has 1 fully saturated rings. The van der Waals surface area contributed by atoms with Gasteiger partial charge in [-0.25, -0.2) is 4.79 Å². The zero-order valence-corrected chi connectivity index (χ0v) is 20.7. The molecule has 1 aromatic rings. The topological polar surface area (TPSA) is 169 Å². The number of phenolic OH excluding ortho intramolecular Hbond substituents is 1. The number of likely N-dealkylation sites (N-methyl/N-ethyl adjacent to an activating group) is 1. The summed E-state index contributed by atoms with van der Waals surface area (Å²) < 4.78 is 16.9. The first kappa shape index (κ1) is 25.9. The Morgan fingerprint density at radius 2 is 2.03 bits per heavy atom. The summed E-state index contributed by atoms with van der Waals surface area (Å²) in [5.74, 6) is -2.87. The second-order valence-electron chi connectivity index (χ2n) is 9.92. The summed E-state index contributed by atoms with van der Waals surface area (Å²) in [6, 6.07) is 1.58. The molecule has 0 unspecified atom stereocenters. The fraction of sp³-hybridized carbons (Fsp3) is 0.560. The van der Waals surface area contributed by atoms with Crippen molar-refractivity contribution in [3.8, 4) is 11.5 Å². The van der Waals surface area contributed by atoms with E-state index in [9.17, 15) is 24.6 Å². The van der Waals surface area contributed by atoms with Crippen LogP contribution in [-0.2, 0) is 29.3 Å². The van der Waals surface area contributed by atoms with Crippen LogP contribution in [0.3, 0.4) is 0 Å². The van der Waals surface area contributed by atoms with E-state index in [-0.39, 0.29) is 29.7 Å². The maximum absolute atomic E-state index is 12.9. The number of carbonyl (C=O) groups is 3. The molecule has 3 aliphatic rings. The van der Waals surface area contributed by atoms with Crippen LogP contribution in [0.2, 0.25) is 0 Å². The molecular formula is C25H32N2O9. The molecule has 2 heterocycles. The summed E-state index contributed by atoms with van der Waals surface area (Å²) in [6.07, 6.45) is -0.593. The largest absolute Gasteiger partial charge is 0.504 e. The molecule has 11 nitrogen and oxygen atoms in total. The third kappa shape index (κ3) is 3.82. The number of carboxylic acid groups (broad SMARTS) is 1. The van der Waals surface area contributed by atoms with Gasteiger partial charge in [-0.1, -0.05) is 6.07 Å². The van der Waals surface area contributed by atoms with Crippen molar-refractivity contribution < 1.29 is 43.9 Å². The first-order valence-corrected chi connectivity index (χ1v) is 11.9. The standard InChI is InChI=1S/C25H32N2O9/c1-12-5-6-16(28)20-19(12)24-9-10-27(4)14(3)25(24,33)8-7-17(21(24)36-20)35-23(32)13(2)34-18(29)11-15(26)22(30)31/h5-7,13-15,21,28,33H,8-11,26H2,1-4H3,(H,30,31)/t13-,14+,15-,21-,24-,25+/m0/s1. The highest BCUT2D eigenvalue weighted by Crippen LogP contribution is 2.62. The summed E-state index contributed by atoms with van der Waals surface area (Å²) in [7, 11) is 1.93. The van der Waals surface area contributed by atoms with Crippen molar-refractivity contribution in [2.75, 3.05) is 13.6 Å². The third-order valence-corrected chi connectivity index (χ3v) is 7.89. The van der Waals surface area contributed by atoms with Crippen molar-refractivity contribution >= 4 is 17.9 Å². The number of ether oxygens (including phenoxy) is 3. The molecule has 0 aromatic heterocycles. The monoisotopic (exact) mass is 504 g/mol. The number of phenols is 1. The van der Waals surface area contributed by atoms with Gasteiger partial charge in [0.15, 0.2) is 23.7 Å². The molecule has 0 radical (unpaired) electrons. The Bertz CT molecular complexity index is 1130. The van der Waals surface area contributed by atoms with Crippen molar-refractivity contribution in [3.63, 3.8) is 0 Å². The molecule has 6 atom stereocenters. The Morgan fingerprint density at radius 1 is 1.33 bits per heavy atom. The molecule has 1 spiro atoms. The number of hydrogen-bond acceptors (Lipinski definition) is 10. The lowest BCUT2D eigenvalue weighted by molar-refractivity contribution is -0.172. The number of piperidine rings is 1. The lowest BCUT2D eigenvalue weighted by Gasteiger charge is -2.58. The van der Waals surface area contributed by atoms with Gasteiger partial charge in [0.25, 0.3) is 0 Å². The van der Waals surface area contributed by atoms with Crippen LogP contribution < -0.4 is 10.5 Å². The molecule has 0 saturated carbocycles. The van der Waals surface area contributed by atoms with Crippen molar-refractivity contribution in [3.05, 3.63) is 35.1 Å². The van der Waals surface area contributed by atoms with E-state index in [4.69, 9.17) is 25.1 Å². The van der Waals surface area contributed by atoms with Gasteiger partial charge in [0, 0.05) is 18.0 Å². The molecule has 196 valence electrons. The minimum atomic E-state index is -1.45. The quantitative estimate of drug-likeness (QED) is 0.403. The minimum Gasteiger partial charge on any atom is -0.504 e. The van der Waals surface area contributed by atoms with Crippen LogP contribution in [0.1, 0.15) is 44.2 Å². The highest BCUT2D eigenvalue weighted by molar-refractivity contribution is 5.84. The molecule has 2 aliphatic heterocycles. The van der Waals surface area contributed by atoms with Gasteiger partial charge in [-0.2, -0.15) is 0 Å². The number of fused-ring (bicyclic) bond motifs is 1. The van der Waals surface area contributed by atoms with Crippen LogP contribution in [0, 0.1) is 6.92 Å². The Morgan fingerprint density at radius 3 is 2.69 bits per heavy atom. The maximum Gasteiger partial charge on any atom is 0.352 e. The van der Waals surface area contributed by atoms with Crippen molar-refractivity contribution in [2.45, 2.75) is 75.3 Å². The summed E-state index contributed by atoms with van der Waals surface area (Å²) in [6.45, 7) is 5.76. The number of nitrogens with zero attached hydrogens (tertiary/aromatic N) is 1. The molecule has 0 amide bonds. The molecule has 1 saturated heterocycles. The second kappa shape index (κ2) is 9.06. The van der Waals surface area contributed by atoms with Gasteiger partial charge in [0.05, 0.1) is 17.4 Å². The van der Waals surface area contributed by atoms with E-state index >= 15 is 0 Å². The van der Waals surface area contributed by atoms with Crippen LogP contribution in [0.15, 0.2) is 24.0 Å². The predicted molar refractivity (Wildman–Crippen MR) is 125 cm³/mol. The smallest absolute Gasteiger partial charge is 0.352 e. The summed E-state index contributed by atoms with van der Waals surface area (Å²) in [4.78, 5) is 37.8. The number of benzene rings is 1. The normalized spacial score (nSPS) is 30.6. The molecule has 36 heavy (non-hydrogen) atoms. The Hall–Kier alpha value is -3.15. The molecule has 5 N–H and O–H groups in total. The number of likely N-dealkylation sites (tertiary alicyclic amines) is 1. The first-order valence-electron chi connectivity index (χ1n) is 11.9. The Kier molecular flexibility index (Phi) is 6.52. The average molecular weight is 505 g/mol. The number of aryl methyl sites for hydroxylation is 1. The number of esters is 2. The summed E-state index contributed by atoms with van der Waals surface area (Å²) in [5, 5.41) is 31.6. The number of carbonyl (C=O) groups excluding carboxylic acids is 2. The zero-order chi connectivity index (χ0) is 26.6. The number of aliphatic hydroxyl groups is 1. The lowest BCUT2D eigenvalue weighted by Crippen LogP contribution is -2.71. The van der Waals surface area contributed by atoms with E-state index < -0.39 is 53.6 Å². The van der Waals surface area contributed by atoms with Gasteiger partial charge >= 0.3 is 17.9 Å². The number of hydrogen-bond donors (Lipinski definition) is 4. The highest BCUT2D eigenvalue weighted by atomic mass is 16.6. The van der Waals surface area contributed by atoms with Crippen molar-refractivity contribution in [1.82, 2.24) is 4.90 Å². The highest BCUT2D eigenvalue weighted by Gasteiger charge is 2.69. The Balaban J connectivity index is 1.64. The van der Waals surface area contributed by atoms with Crippen LogP contribution in [-0.4, -0.2) is 81.6 Å². The van der Waals surface area contributed by atoms with Crippen molar-refractivity contribution in [1.29, 1.82) is 0 Å². The SMILES string of the molecule is Cc1ccc(O)c2c1[C@]13CCN(C)[C@H](C)[C@]1(O)CC=C(OC(=O)[C@H](C)OC(=O)C[C@H](N)C(=O)O)[C@@H]3O2. The number of rotatable bonds is 6. The fourth-order valence-corrected chi connectivity index (χ4v) is 5.76. The van der Waals surface area contributed by atoms with Crippen LogP contribution in [0.25, 0.3) is 0 Å². The van der Waals surface area contributed by atoms with Gasteiger partial charge < -0.3 is 40.2 Å². The predicted octanol–water partition coefficient (Wildman–Crippen LogP) is 0.719. The number of aromatic hydroxyl groups is 1. The second-order valence-corrected chi connectivity index (χ2v) is 9.92.